The van der Waals surface area contributed by atoms with Crippen LogP contribution in [0.4, 0.5) is 0 Å². The molecule has 23 heavy (non-hydrogen) atoms. The van der Waals surface area contributed by atoms with E-state index in [1.165, 1.54) is 0 Å². The largest absolute Gasteiger partial charge is 0.378 e. The molecule has 116 valence electrons. The smallest absolute Gasteiger partial charge is 0.0659 e. The molecule has 1 saturated heterocycles. The van der Waals surface area contributed by atoms with Gasteiger partial charge in [0.25, 0.3) is 0 Å². The third kappa shape index (κ3) is 2.67. The van der Waals surface area contributed by atoms with Crippen LogP contribution in [0.3, 0.4) is 0 Å². The molecular weight excluding hydrogens is 308 g/mol. The van der Waals surface area contributed by atoms with Crippen LogP contribution >= 0.6 is 11.6 Å². The van der Waals surface area contributed by atoms with Crippen molar-refractivity contribution in [2.45, 2.75) is 0 Å². The molecule has 0 radical (unpaired) electrons. The summed E-state index contributed by atoms with van der Waals surface area (Å²) in [5, 5.41) is 11.9. The predicted octanol–water partition coefficient (Wildman–Crippen LogP) is 4.31. The van der Waals surface area contributed by atoms with Crippen molar-refractivity contribution < 1.29 is 4.74 Å². The third-order valence-electron chi connectivity index (χ3n) is 4.25. The number of fused-ring (bicyclic) bond motifs is 2. The molecule has 1 aliphatic rings. The molecule has 0 aliphatic carbocycles. The lowest BCUT2D eigenvalue weighted by Gasteiger charge is -2.23. The molecule has 0 spiro atoms. The molecule has 3 aromatic rings. The lowest BCUT2D eigenvalue weighted by atomic mass is 9.97. The normalized spacial score (nSPS) is 15.8. The first-order valence-corrected chi connectivity index (χ1v) is 8.18. The van der Waals surface area contributed by atoms with E-state index in [1.54, 1.807) is 0 Å². The Morgan fingerprint density at radius 3 is 1.96 bits per heavy atom. The maximum Gasteiger partial charge on any atom is 0.0659 e. The van der Waals surface area contributed by atoms with Crippen LogP contribution in [0.5, 0.6) is 0 Å². The Morgan fingerprint density at radius 2 is 1.39 bits per heavy atom. The number of nitrogens with zero attached hydrogens (tertiary/aromatic N) is 2. The van der Waals surface area contributed by atoms with Gasteiger partial charge in [0.1, 0.15) is 0 Å². The summed E-state index contributed by atoms with van der Waals surface area (Å²) in [6.45, 7) is 3.14. The Hall–Kier alpha value is -2.10. The van der Waals surface area contributed by atoms with Crippen molar-refractivity contribution in [1.82, 2.24) is 5.01 Å². The Kier molecular flexibility index (Phi) is 3.90. The number of halogens is 1. The monoisotopic (exact) mass is 324 g/mol. The fourth-order valence-electron chi connectivity index (χ4n) is 3.06. The van der Waals surface area contributed by atoms with Gasteiger partial charge >= 0.3 is 0 Å². The number of ether oxygens (including phenoxy) is 1. The molecule has 0 unspecified atom stereocenters. The first-order chi connectivity index (χ1) is 11.3. The van der Waals surface area contributed by atoms with E-state index in [4.69, 9.17) is 16.3 Å². The number of hydrogen-bond acceptors (Lipinski definition) is 3. The van der Waals surface area contributed by atoms with Gasteiger partial charge in [-0.1, -0.05) is 60.1 Å². The molecular formula is C19H17ClN2O. The highest BCUT2D eigenvalue weighted by Gasteiger charge is 2.12. The first kappa shape index (κ1) is 14.5. The second-order valence-electron chi connectivity index (χ2n) is 5.63. The summed E-state index contributed by atoms with van der Waals surface area (Å²) in [7, 11) is 0. The molecule has 0 bridgehead atoms. The van der Waals surface area contributed by atoms with E-state index in [2.05, 4.69) is 34.4 Å². The molecule has 0 amide bonds. The van der Waals surface area contributed by atoms with Crippen LogP contribution in [0, 0.1) is 0 Å². The first-order valence-electron chi connectivity index (χ1n) is 7.80. The van der Waals surface area contributed by atoms with Crippen LogP contribution in [-0.4, -0.2) is 37.5 Å². The summed E-state index contributed by atoms with van der Waals surface area (Å²) < 4.78 is 5.37. The van der Waals surface area contributed by atoms with Gasteiger partial charge in [-0.25, -0.2) is 0 Å². The molecule has 1 fully saturated rings. The highest BCUT2D eigenvalue weighted by Crippen LogP contribution is 2.35. The van der Waals surface area contributed by atoms with E-state index in [0.717, 1.165) is 58.4 Å². The number of hydrogen-bond donors (Lipinski definition) is 0. The minimum atomic E-state index is 0.736. The Labute approximate surface area is 140 Å². The molecule has 0 saturated carbocycles. The summed E-state index contributed by atoms with van der Waals surface area (Å²) in [6.07, 6.45) is 1.96. The van der Waals surface area contributed by atoms with Crippen LogP contribution in [0.15, 0.2) is 53.6 Å². The summed E-state index contributed by atoms with van der Waals surface area (Å²) >= 11 is 6.62. The van der Waals surface area contributed by atoms with Gasteiger partial charge in [0, 0.05) is 16.3 Å². The van der Waals surface area contributed by atoms with Crippen molar-refractivity contribution in [3.8, 4) is 0 Å². The van der Waals surface area contributed by atoms with Crippen molar-refractivity contribution in [3.05, 3.63) is 59.1 Å². The van der Waals surface area contributed by atoms with Crippen LogP contribution in [0.25, 0.3) is 21.5 Å². The van der Waals surface area contributed by atoms with E-state index in [1.807, 2.05) is 30.5 Å². The van der Waals surface area contributed by atoms with Crippen LogP contribution in [0.2, 0.25) is 5.02 Å². The molecule has 0 N–H and O–H groups in total. The highest BCUT2D eigenvalue weighted by molar-refractivity contribution is 6.42. The fraction of sp³-hybridized carbons (Fsp3) is 0.211. The van der Waals surface area contributed by atoms with Crippen molar-refractivity contribution >= 4 is 39.4 Å². The molecule has 3 aromatic carbocycles. The summed E-state index contributed by atoms with van der Waals surface area (Å²) in [5.74, 6) is 0. The summed E-state index contributed by atoms with van der Waals surface area (Å²) in [5.41, 5.74) is 1.12. The van der Waals surface area contributed by atoms with Crippen molar-refractivity contribution in [3.63, 3.8) is 0 Å². The van der Waals surface area contributed by atoms with Crippen LogP contribution in [-0.2, 0) is 4.74 Å². The minimum absolute atomic E-state index is 0.736. The molecule has 4 rings (SSSR count). The molecule has 4 heteroatoms. The van der Waals surface area contributed by atoms with Gasteiger partial charge < -0.3 is 4.74 Å². The second kappa shape index (κ2) is 6.19. The van der Waals surface area contributed by atoms with Crippen LogP contribution < -0.4 is 0 Å². The third-order valence-corrected chi connectivity index (χ3v) is 4.65. The Bertz CT molecular complexity index is 828. The van der Waals surface area contributed by atoms with E-state index in [-0.39, 0.29) is 0 Å². The molecule has 1 aliphatic heterocycles. The maximum atomic E-state index is 6.62. The highest BCUT2D eigenvalue weighted by atomic mass is 35.5. The zero-order valence-corrected chi connectivity index (χ0v) is 13.5. The lowest BCUT2D eigenvalue weighted by molar-refractivity contribution is 0.0397. The van der Waals surface area contributed by atoms with Crippen LogP contribution in [0.1, 0.15) is 5.56 Å². The lowest BCUT2D eigenvalue weighted by Crippen LogP contribution is -2.32. The van der Waals surface area contributed by atoms with Gasteiger partial charge in [-0.3, -0.25) is 5.01 Å². The molecule has 0 aromatic heterocycles. The summed E-state index contributed by atoms with van der Waals surface area (Å²) in [4.78, 5) is 0. The molecule has 3 nitrogen and oxygen atoms in total. The Balaban J connectivity index is 1.91. The zero-order valence-electron chi connectivity index (χ0n) is 12.7. The number of hydrazone groups is 1. The van der Waals surface area contributed by atoms with Crippen molar-refractivity contribution in [2.24, 2.45) is 5.10 Å². The Morgan fingerprint density at radius 1 is 0.870 bits per heavy atom. The zero-order chi connectivity index (χ0) is 15.6. The second-order valence-corrected chi connectivity index (χ2v) is 6.01. The van der Waals surface area contributed by atoms with Gasteiger partial charge in [0.15, 0.2) is 0 Å². The molecule has 0 atom stereocenters. The SMILES string of the molecule is Clc1c2ccccc2c(/C=N\N2CCOCC2)c2ccccc12. The van der Waals surface area contributed by atoms with Crippen molar-refractivity contribution in [2.75, 3.05) is 26.3 Å². The van der Waals surface area contributed by atoms with Gasteiger partial charge in [0.05, 0.1) is 37.5 Å². The van der Waals surface area contributed by atoms with Gasteiger partial charge in [-0.05, 0) is 10.8 Å². The number of benzene rings is 3. The van der Waals surface area contributed by atoms with E-state index in [9.17, 15) is 0 Å². The summed E-state index contributed by atoms with van der Waals surface area (Å²) in [6, 6.07) is 16.5. The topological polar surface area (TPSA) is 24.8 Å². The van der Waals surface area contributed by atoms with E-state index < -0.39 is 0 Å². The van der Waals surface area contributed by atoms with E-state index in [0.29, 0.717) is 0 Å². The standard InChI is InChI=1S/C19H17ClN2O/c20-19-16-7-3-1-5-14(16)18(15-6-2-4-8-17(15)19)13-21-22-9-11-23-12-10-22/h1-8,13H,9-12H2/b21-13-. The van der Waals surface area contributed by atoms with Gasteiger partial charge in [0.2, 0.25) is 0 Å². The number of rotatable bonds is 2. The van der Waals surface area contributed by atoms with Gasteiger partial charge in [-0.2, -0.15) is 5.10 Å². The van der Waals surface area contributed by atoms with E-state index >= 15 is 0 Å². The number of morpholine rings is 1. The average Bonchev–Trinajstić information content (AvgIpc) is 2.63. The van der Waals surface area contributed by atoms with Gasteiger partial charge in [-0.15, -0.1) is 0 Å². The average molecular weight is 325 g/mol. The minimum Gasteiger partial charge on any atom is -0.378 e. The quantitative estimate of drug-likeness (QED) is 0.518. The fourth-order valence-corrected chi connectivity index (χ4v) is 3.39. The van der Waals surface area contributed by atoms with Crippen molar-refractivity contribution in [1.29, 1.82) is 0 Å². The molecule has 1 heterocycles. The maximum absolute atomic E-state index is 6.62. The predicted molar refractivity (Wildman–Crippen MR) is 96.5 cm³/mol.